The molecule has 2 aromatic carbocycles. The van der Waals surface area contributed by atoms with Crippen LogP contribution in [0.4, 0.5) is 11.4 Å². The van der Waals surface area contributed by atoms with Gasteiger partial charge in [-0.3, -0.25) is 0 Å². The van der Waals surface area contributed by atoms with Crippen molar-refractivity contribution in [2.45, 2.75) is 94.2 Å². The molecule has 2 aromatic heterocycles. The average molecular weight is 800 g/mol. The molecule has 2 atom stereocenters. The van der Waals surface area contributed by atoms with Crippen LogP contribution in [0.15, 0.2) is 94.9 Å². The van der Waals surface area contributed by atoms with Crippen LogP contribution in [0.3, 0.4) is 0 Å². The predicted octanol–water partition coefficient (Wildman–Crippen LogP) is 12.3. The molecule has 1 aliphatic heterocycles. The summed E-state index contributed by atoms with van der Waals surface area (Å²) in [6.45, 7) is 4.39. The number of aliphatic carboxylic acids is 2. The van der Waals surface area contributed by atoms with Crippen LogP contribution in [0.5, 0.6) is 0 Å². The first-order valence-corrected chi connectivity index (χ1v) is 21.8. The van der Waals surface area contributed by atoms with E-state index in [9.17, 15) is 30.3 Å². The number of para-hydroxylation sites is 1. The van der Waals surface area contributed by atoms with Gasteiger partial charge in [-0.15, -0.1) is 34.4 Å². The number of carbonyl (C=O) groups is 2. The number of carboxylic acids is 2. The van der Waals surface area contributed by atoms with Gasteiger partial charge < -0.3 is 15.1 Å². The number of rotatable bonds is 17. The third kappa shape index (κ3) is 9.45. The van der Waals surface area contributed by atoms with Gasteiger partial charge in [-0.2, -0.15) is 10.5 Å². The Labute approximate surface area is 341 Å². The summed E-state index contributed by atoms with van der Waals surface area (Å²) in [5, 5.41) is 38.2. The lowest BCUT2D eigenvalue weighted by atomic mass is 9.95. The fraction of sp³-hybridized carbons (Fsp3) is 0.304. The first-order valence-electron chi connectivity index (χ1n) is 19.3. The van der Waals surface area contributed by atoms with Gasteiger partial charge in [0.05, 0.1) is 17.0 Å². The fourth-order valence-electron chi connectivity index (χ4n) is 7.24. The maximum atomic E-state index is 11.7. The molecule has 56 heavy (non-hydrogen) atoms. The average Bonchev–Trinajstić information content (AvgIpc) is 3.81. The van der Waals surface area contributed by atoms with Crippen molar-refractivity contribution in [1.29, 1.82) is 10.5 Å². The van der Waals surface area contributed by atoms with E-state index >= 15 is 0 Å². The second-order valence-electron chi connectivity index (χ2n) is 14.0. The van der Waals surface area contributed by atoms with Crippen molar-refractivity contribution < 1.29 is 19.8 Å². The van der Waals surface area contributed by atoms with Crippen LogP contribution in [0.1, 0.15) is 91.0 Å². The van der Waals surface area contributed by atoms with E-state index in [0.717, 1.165) is 117 Å². The number of thiophene rings is 2. The van der Waals surface area contributed by atoms with Crippen molar-refractivity contribution in [1.82, 2.24) is 0 Å². The van der Waals surface area contributed by atoms with Gasteiger partial charge in [0, 0.05) is 30.1 Å². The fourth-order valence-corrected chi connectivity index (χ4v) is 10.9. The number of nitrogens with zero attached hydrogens (tertiary/aromatic N) is 3. The number of unbranched alkanes of at least 4 members (excludes halogenated alkanes) is 6. The van der Waals surface area contributed by atoms with Crippen LogP contribution in [0.25, 0.3) is 28.2 Å². The van der Waals surface area contributed by atoms with Crippen molar-refractivity contribution >= 4 is 75.5 Å². The zero-order valence-corrected chi connectivity index (χ0v) is 34.1. The number of hydrogen-bond acceptors (Lipinski definition) is 8. The first-order chi connectivity index (χ1) is 27.2. The molecular formula is C46H45N3O4S3. The van der Waals surface area contributed by atoms with E-state index in [-0.39, 0.29) is 22.4 Å². The molecule has 4 aromatic rings. The third-order valence-corrected chi connectivity index (χ3v) is 13.6. The Morgan fingerprint density at radius 3 is 1.93 bits per heavy atom. The summed E-state index contributed by atoms with van der Waals surface area (Å²) in [6, 6.07) is 24.9. The molecule has 286 valence electrons. The van der Waals surface area contributed by atoms with Crippen molar-refractivity contribution in [3.8, 4) is 22.6 Å². The Kier molecular flexibility index (Phi) is 13.9. The quantitative estimate of drug-likeness (QED) is 0.0614. The summed E-state index contributed by atoms with van der Waals surface area (Å²) in [7, 11) is 0. The molecule has 7 nitrogen and oxygen atoms in total. The van der Waals surface area contributed by atoms with Crippen molar-refractivity contribution in [2.24, 2.45) is 0 Å². The van der Waals surface area contributed by atoms with Gasteiger partial charge in [0.15, 0.2) is 0 Å². The highest BCUT2D eigenvalue weighted by atomic mass is 32.2. The van der Waals surface area contributed by atoms with Crippen LogP contribution >= 0.6 is 34.4 Å². The van der Waals surface area contributed by atoms with Gasteiger partial charge in [0.25, 0.3) is 0 Å². The normalized spacial score (nSPS) is 16.4. The van der Waals surface area contributed by atoms with E-state index in [2.05, 4.69) is 85.5 Å². The second-order valence-corrected chi connectivity index (χ2v) is 17.4. The molecule has 2 aliphatic rings. The number of thioether (sulfide) groups is 1. The third-order valence-electron chi connectivity index (χ3n) is 10.0. The van der Waals surface area contributed by atoms with E-state index < -0.39 is 11.9 Å². The van der Waals surface area contributed by atoms with E-state index in [1.807, 2.05) is 36.0 Å². The number of nitriles is 2. The number of carboxylic acid groups (broad SMARTS) is 2. The molecule has 0 spiro atoms. The Morgan fingerprint density at radius 2 is 1.36 bits per heavy atom. The molecule has 10 heteroatoms. The highest BCUT2D eigenvalue weighted by molar-refractivity contribution is 8.00. The topological polar surface area (TPSA) is 125 Å². The predicted molar refractivity (Wildman–Crippen MR) is 231 cm³/mol. The molecule has 0 saturated heterocycles. The minimum atomic E-state index is -1.23. The lowest BCUT2D eigenvalue weighted by Gasteiger charge is -2.42. The monoisotopic (exact) mass is 799 g/mol. The minimum Gasteiger partial charge on any atom is -0.477 e. The summed E-state index contributed by atoms with van der Waals surface area (Å²) >= 11 is 4.90. The number of anilines is 2. The van der Waals surface area contributed by atoms with Gasteiger partial charge in [-0.25, -0.2) is 9.59 Å². The number of fused-ring (bicyclic) bond motifs is 2. The van der Waals surface area contributed by atoms with E-state index in [4.69, 9.17) is 0 Å². The Bertz CT molecular complexity index is 2280. The zero-order valence-electron chi connectivity index (χ0n) is 31.7. The molecule has 1 aliphatic carbocycles. The summed E-state index contributed by atoms with van der Waals surface area (Å²) in [5.74, 6) is -2.46. The van der Waals surface area contributed by atoms with Gasteiger partial charge >= 0.3 is 11.9 Å². The maximum Gasteiger partial charge on any atom is 0.346 e. The number of hydrogen-bond donors (Lipinski definition) is 2. The van der Waals surface area contributed by atoms with Crippen LogP contribution < -0.4 is 4.90 Å². The van der Waals surface area contributed by atoms with Gasteiger partial charge in [0.2, 0.25) is 0 Å². The molecule has 0 fully saturated rings. The van der Waals surface area contributed by atoms with Crippen molar-refractivity contribution in [3.05, 3.63) is 116 Å². The molecule has 2 unspecified atom stereocenters. The summed E-state index contributed by atoms with van der Waals surface area (Å²) in [4.78, 5) is 30.7. The molecule has 0 bridgehead atoms. The molecule has 0 saturated carbocycles. The highest BCUT2D eigenvalue weighted by Crippen LogP contribution is 2.50. The lowest BCUT2D eigenvalue weighted by molar-refractivity contribution is -0.133. The maximum absolute atomic E-state index is 11.7. The summed E-state index contributed by atoms with van der Waals surface area (Å²) in [6.07, 6.45) is 20.5. The zero-order chi connectivity index (χ0) is 39.6. The van der Waals surface area contributed by atoms with E-state index in [1.165, 1.54) is 29.1 Å². The smallest absolute Gasteiger partial charge is 0.346 e. The second kappa shape index (κ2) is 19.1. The van der Waals surface area contributed by atoms with Gasteiger partial charge in [-0.05, 0) is 96.5 Å². The molecule has 2 N–H and O–H groups in total. The highest BCUT2D eigenvalue weighted by Gasteiger charge is 2.36. The first kappa shape index (κ1) is 40.5. The standard InChI is InChI=1S/C46H45N3O4S3/c1-3-5-7-10-14-30-22-37(24-34(28-47)45(50)51)54-43(30)32-18-20-39-41(26-32)56-42-27-33(19-21-40(42)49(39)36-16-12-9-13-17-36)44-31(15-11-8-6-4-2)23-38(55-44)25-35(29-48)46(52)53/h9,12-13,16-27,39,41H,3-8,10-11,14-15H2,1-2H3,(H,50,51)(H,52,53)/b34-24+,35-25+. The van der Waals surface area contributed by atoms with Crippen molar-refractivity contribution in [2.75, 3.05) is 4.90 Å². The molecule has 0 radical (unpaired) electrons. The van der Waals surface area contributed by atoms with Gasteiger partial charge in [-0.1, -0.05) is 94.9 Å². The van der Waals surface area contributed by atoms with Crippen molar-refractivity contribution in [3.63, 3.8) is 0 Å². The minimum absolute atomic E-state index is 0.0436. The van der Waals surface area contributed by atoms with E-state index in [0.29, 0.717) is 0 Å². The van der Waals surface area contributed by atoms with E-state index in [1.54, 1.807) is 11.3 Å². The van der Waals surface area contributed by atoms with Crippen LogP contribution in [0, 0.1) is 22.7 Å². The Balaban J connectivity index is 1.41. The van der Waals surface area contributed by atoms with Gasteiger partial charge in [0.1, 0.15) is 23.3 Å². The SMILES string of the molecule is CCCCCCc1cc(/C=C(\C#N)C(=O)O)sc1C1=CC2Sc3cc(-c4sc(/C=C(\C#N)C(=O)O)cc4CCCCCC)ccc3N(c3ccccc3)C2C=C1. The molecule has 6 rings (SSSR count). The number of allylic oxidation sites excluding steroid dienone is 2. The number of aryl methyl sites for hydroxylation is 2. The summed E-state index contributed by atoms with van der Waals surface area (Å²) < 4.78 is 0. The van der Waals surface area contributed by atoms with Crippen LogP contribution in [-0.4, -0.2) is 33.4 Å². The van der Waals surface area contributed by atoms with Crippen LogP contribution in [-0.2, 0) is 22.4 Å². The molecule has 0 amide bonds. The summed E-state index contributed by atoms with van der Waals surface area (Å²) in [5.41, 5.74) is 6.16. The molecule has 3 heterocycles. The lowest BCUT2D eigenvalue weighted by Crippen LogP contribution is -2.41. The van der Waals surface area contributed by atoms with Crippen LogP contribution in [0.2, 0.25) is 0 Å². The Hall–Kier alpha value is -5.13. The Morgan fingerprint density at radius 1 is 0.768 bits per heavy atom. The number of benzene rings is 2. The largest absolute Gasteiger partial charge is 0.477 e. The molecular weight excluding hydrogens is 755 g/mol.